The first-order valence-electron chi connectivity index (χ1n) is 6.33. The van der Waals surface area contributed by atoms with Crippen molar-refractivity contribution in [1.82, 2.24) is 5.32 Å². The molecule has 0 aliphatic carbocycles. The maximum atomic E-state index is 5.84. The molecule has 2 atom stereocenters. The normalized spacial score (nSPS) is 21.9. The number of hydrogen-bond acceptors (Lipinski definition) is 3. The van der Waals surface area contributed by atoms with E-state index in [4.69, 9.17) is 4.74 Å². The number of nitrogens with one attached hydrogen (secondary N) is 1. The van der Waals surface area contributed by atoms with Gasteiger partial charge in [0, 0.05) is 11.5 Å². The molecule has 1 N–H and O–H groups in total. The van der Waals surface area contributed by atoms with Crippen LogP contribution in [0, 0.1) is 6.92 Å². The molecular weight excluding hydrogens is 298 g/mol. The van der Waals surface area contributed by atoms with Crippen molar-refractivity contribution in [3.63, 3.8) is 0 Å². The SMILES string of the molecule is CCCNC(c1cc(C)c(Br)s1)C1CCCO1. The average molecular weight is 318 g/mol. The molecule has 1 aromatic rings. The molecule has 17 heavy (non-hydrogen) atoms. The van der Waals surface area contributed by atoms with Gasteiger partial charge in [-0.05, 0) is 60.3 Å². The molecule has 0 bridgehead atoms. The zero-order chi connectivity index (χ0) is 12.3. The highest BCUT2D eigenvalue weighted by Crippen LogP contribution is 2.35. The molecule has 4 heteroatoms. The van der Waals surface area contributed by atoms with Crippen LogP contribution in [-0.4, -0.2) is 19.3 Å². The lowest BCUT2D eigenvalue weighted by molar-refractivity contribution is 0.0793. The number of hydrogen-bond donors (Lipinski definition) is 1. The van der Waals surface area contributed by atoms with Gasteiger partial charge in [-0.2, -0.15) is 0 Å². The van der Waals surface area contributed by atoms with Crippen molar-refractivity contribution in [2.45, 2.75) is 45.3 Å². The van der Waals surface area contributed by atoms with E-state index >= 15 is 0 Å². The zero-order valence-corrected chi connectivity index (χ0v) is 12.9. The zero-order valence-electron chi connectivity index (χ0n) is 10.5. The van der Waals surface area contributed by atoms with Gasteiger partial charge >= 0.3 is 0 Å². The molecule has 2 nitrogen and oxygen atoms in total. The summed E-state index contributed by atoms with van der Waals surface area (Å²) in [4.78, 5) is 1.40. The van der Waals surface area contributed by atoms with Gasteiger partial charge in [-0.15, -0.1) is 11.3 Å². The second-order valence-electron chi connectivity index (χ2n) is 4.59. The van der Waals surface area contributed by atoms with E-state index in [1.165, 1.54) is 27.1 Å². The van der Waals surface area contributed by atoms with Gasteiger partial charge in [-0.3, -0.25) is 0 Å². The first kappa shape index (κ1) is 13.5. The fourth-order valence-electron chi connectivity index (χ4n) is 2.22. The molecule has 2 rings (SSSR count). The monoisotopic (exact) mass is 317 g/mol. The summed E-state index contributed by atoms with van der Waals surface area (Å²) < 4.78 is 7.09. The number of rotatable bonds is 5. The molecular formula is C13H20BrNOS. The Balaban J connectivity index is 2.13. The van der Waals surface area contributed by atoms with Gasteiger partial charge in [0.05, 0.1) is 15.9 Å². The minimum Gasteiger partial charge on any atom is -0.376 e. The van der Waals surface area contributed by atoms with E-state index in [1.54, 1.807) is 0 Å². The summed E-state index contributed by atoms with van der Waals surface area (Å²) in [5.41, 5.74) is 1.33. The van der Waals surface area contributed by atoms with Gasteiger partial charge in [0.1, 0.15) is 0 Å². The predicted octanol–water partition coefficient (Wildman–Crippen LogP) is 4.04. The third-order valence-electron chi connectivity index (χ3n) is 3.13. The van der Waals surface area contributed by atoms with Crippen LogP contribution in [0.15, 0.2) is 9.85 Å². The van der Waals surface area contributed by atoms with Gasteiger partial charge < -0.3 is 10.1 Å². The quantitative estimate of drug-likeness (QED) is 0.885. The molecule has 1 aromatic heterocycles. The summed E-state index contributed by atoms with van der Waals surface area (Å²) in [6, 6.07) is 2.65. The predicted molar refractivity (Wildman–Crippen MR) is 76.8 cm³/mol. The Bertz CT molecular complexity index is 341. The summed E-state index contributed by atoms with van der Waals surface area (Å²) in [6.45, 7) is 6.32. The van der Waals surface area contributed by atoms with Crippen molar-refractivity contribution in [1.29, 1.82) is 0 Å². The summed E-state index contributed by atoms with van der Waals surface area (Å²) in [5.74, 6) is 0. The molecule has 0 spiro atoms. The molecule has 1 aliphatic rings. The summed E-state index contributed by atoms with van der Waals surface area (Å²) >= 11 is 5.44. The fourth-order valence-corrected chi connectivity index (χ4v) is 3.92. The van der Waals surface area contributed by atoms with Crippen LogP contribution in [0.5, 0.6) is 0 Å². The molecule has 0 aromatic carbocycles. The molecule has 2 unspecified atom stereocenters. The van der Waals surface area contributed by atoms with Gasteiger partial charge in [0.2, 0.25) is 0 Å². The van der Waals surface area contributed by atoms with E-state index in [0.29, 0.717) is 12.1 Å². The van der Waals surface area contributed by atoms with E-state index < -0.39 is 0 Å². The molecule has 0 amide bonds. The molecule has 96 valence electrons. The van der Waals surface area contributed by atoms with Crippen LogP contribution in [0.4, 0.5) is 0 Å². The van der Waals surface area contributed by atoms with Crippen molar-refractivity contribution in [3.05, 3.63) is 20.3 Å². The van der Waals surface area contributed by atoms with Crippen molar-refractivity contribution in [3.8, 4) is 0 Å². The molecule has 2 heterocycles. The molecule has 1 saturated heterocycles. The Hall–Kier alpha value is 0.1000. The van der Waals surface area contributed by atoms with E-state index in [0.717, 1.165) is 19.6 Å². The lowest BCUT2D eigenvalue weighted by Gasteiger charge is -2.23. The van der Waals surface area contributed by atoms with Crippen molar-refractivity contribution in [2.75, 3.05) is 13.2 Å². The first-order valence-corrected chi connectivity index (χ1v) is 7.94. The van der Waals surface area contributed by atoms with Crippen molar-refractivity contribution in [2.24, 2.45) is 0 Å². The highest BCUT2D eigenvalue weighted by atomic mass is 79.9. The lowest BCUT2D eigenvalue weighted by atomic mass is 10.1. The van der Waals surface area contributed by atoms with Crippen molar-refractivity contribution < 1.29 is 4.74 Å². The van der Waals surface area contributed by atoms with Crippen LogP contribution >= 0.6 is 27.3 Å². The van der Waals surface area contributed by atoms with Crippen LogP contribution in [0.2, 0.25) is 0 Å². The van der Waals surface area contributed by atoms with Crippen molar-refractivity contribution >= 4 is 27.3 Å². The molecule has 1 fully saturated rings. The second-order valence-corrected chi connectivity index (χ2v) is 6.99. The first-order chi connectivity index (χ1) is 8.22. The van der Waals surface area contributed by atoms with Crippen LogP contribution in [0.25, 0.3) is 0 Å². The minimum absolute atomic E-state index is 0.353. The van der Waals surface area contributed by atoms with Gasteiger partial charge in [0.25, 0.3) is 0 Å². The maximum absolute atomic E-state index is 5.84. The minimum atomic E-state index is 0.353. The van der Waals surface area contributed by atoms with E-state index in [2.05, 4.69) is 41.2 Å². The molecule has 0 saturated carbocycles. The smallest absolute Gasteiger partial charge is 0.0778 e. The topological polar surface area (TPSA) is 21.3 Å². The lowest BCUT2D eigenvalue weighted by Crippen LogP contribution is -2.31. The standard InChI is InChI=1S/C13H20BrNOS/c1-3-6-15-12(10-5-4-7-16-10)11-8-9(2)13(14)17-11/h8,10,12,15H,3-7H2,1-2H3. The summed E-state index contributed by atoms with van der Waals surface area (Å²) in [6.07, 6.45) is 3.89. The highest BCUT2D eigenvalue weighted by Gasteiger charge is 2.28. The Morgan fingerprint density at radius 3 is 3.00 bits per heavy atom. The third kappa shape index (κ3) is 3.31. The Morgan fingerprint density at radius 1 is 1.65 bits per heavy atom. The highest BCUT2D eigenvalue weighted by molar-refractivity contribution is 9.11. The number of aryl methyl sites for hydroxylation is 1. The van der Waals surface area contributed by atoms with Gasteiger partial charge in [0.15, 0.2) is 0 Å². The molecule has 1 aliphatic heterocycles. The summed E-state index contributed by atoms with van der Waals surface area (Å²) in [5, 5.41) is 3.63. The molecule has 0 radical (unpaired) electrons. The van der Waals surface area contributed by atoms with E-state index in [1.807, 2.05) is 11.3 Å². The largest absolute Gasteiger partial charge is 0.376 e. The number of ether oxygens (including phenoxy) is 1. The van der Waals surface area contributed by atoms with E-state index in [-0.39, 0.29) is 0 Å². The van der Waals surface area contributed by atoms with Gasteiger partial charge in [-0.25, -0.2) is 0 Å². The van der Waals surface area contributed by atoms with Crippen LogP contribution in [0.3, 0.4) is 0 Å². The van der Waals surface area contributed by atoms with Crippen LogP contribution < -0.4 is 5.32 Å². The van der Waals surface area contributed by atoms with Gasteiger partial charge in [-0.1, -0.05) is 6.92 Å². The Labute approximate surface area is 116 Å². The van der Waals surface area contributed by atoms with Crippen LogP contribution in [-0.2, 0) is 4.74 Å². The maximum Gasteiger partial charge on any atom is 0.0778 e. The number of thiophene rings is 1. The second kappa shape index (κ2) is 6.32. The average Bonchev–Trinajstić information content (AvgIpc) is 2.92. The van der Waals surface area contributed by atoms with Crippen LogP contribution in [0.1, 0.15) is 42.7 Å². The third-order valence-corrected chi connectivity index (χ3v) is 5.35. The Morgan fingerprint density at radius 2 is 2.47 bits per heavy atom. The van der Waals surface area contributed by atoms with E-state index in [9.17, 15) is 0 Å². The Kier molecular flexibility index (Phi) is 5.03. The fraction of sp³-hybridized carbons (Fsp3) is 0.692. The summed E-state index contributed by atoms with van der Waals surface area (Å²) in [7, 11) is 0. The number of halogens is 1.